The van der Waals surface area contributed by atoms with Gasteiger partial charge in [-0.2, -0.15) is 0 Å². The lowest BCUT2D eigenvalue weighted by atomic mass is 10.1. The lowest BCUT2D eigenvalue weighted by Gasteiger charge is -2.23. The summed E-state index contributed by atoms with van der Waals surface area (Å²) in [6, 6.07) is 7.49. The monoisotopic (exact) mass is 282 g/mol. The Kier molecular flexibility index (Phi) is 3.80. The van der Waals surface area contributed by atoms with Gasteiger partial charge in [0.2, 0.25) is 5.91 Å². The highest BCUT2D eigenvalue weighted by atomic mass is 32.2. The van der Waals surface area contributed by atoms with Gasteiger partial charge in [-0.3, -0.25) is 4.79 Å². The number of nitrogen functional groups attached to an aromatic ring is 1. The Bertz CT molecular complexity index is 579. The van der Waals surface area contributed by atoms with Gasteiger partial charge in [-0.15, -0.1) is 0 Å². The molecule has 1 aromatic carbocycles. The molecule has 1 aliphatic carbocycles. The summed E-state index contributed by atoms with van der Waals surface area (Å²) in [5, 5.41) is 0. The first-order valence-corrected chi connectivity index (χ1v) is 8.23. The molecule has 0 atom stereocenters. The average molecular weight is 282 g/mol. The molecule has 0 aromatic heterocycles. The highest BCUT2D eigenvalue weighted by molar-refractivity contribution is 7.91. The number of carbonyl (C=O) groups is 1. The molecule has 1 aliphatic rings. The Morgan fingerprint density at radius 3 is 2.53 bits per heavy atom. The van der Waals surface area contributed by atoms with Crippen molar-refractivity contribution >= 4 is 21.4 Å². The number of benzene rings is 1. The third-order valence-corrected chi connectivity index (χ3v) is 3.86. The molecule has 0 saturated heterocycles. The van der Waals surface area contributed by atoms with Gasteiger partial charge in [0.05, 0.1) is 0 Å². The Hall–Kier alpha value is -1.56. The fourth-order valence-electron chi connectivity index (χ4n) is 1.98. The zero-order chi connectivity index (χ0) is 14.0. The molecule has 1 aromatic rings. The van der Waals surface area contributed by atoms with Gasteiger partial charge >= 0.3 is 0 Å². The molecule has 1 amide bonds. The number of carbonyl (C=O) groups excluding carboxylic acids is 1. The first kappa shape index (κ1) is 13.9. The minimum absolute atomic E-state index is 0.161. The van der Waals surface area contributed by atoms with Gasteiger partial charge in [0.25, 0.3) is 0 Å². The maximum absolute atomic E-state index is 12.1. The number of sulfone groups is 1. The van der Waals surface area contributed by atoms with Crippen LogP contribution in [0.4, 0.5) is 5.69 Å². The van der Waals surface area contributed by atoms with E-state index < -0.39 is 15.6 Å². The van der Waals surface area contributed by atoms with Crippen molar-refractivity contribution < 1.29 is 13.2 Å². The normalized spacial score (nSPS) is 15.2. The van der Waals surface area contributed by atoms with Crippen molar-refractivity contribution in [1.29, 1.82) is 0 Å². The van der Waals surface area contributed by atoms with Crippen molar-refractivity contribution in [2.45, 2.75) is 25.4 Å². The largest absolute Gasteiger partial charge is 0.398 e. The molecule has 0 radical (unpaired) electrons. The van der Waals surface area contributed by atoms with Gasteiger partial charge in [0.1, 0.15) is 5.75 Å². The lowest BCUT2D eigenvalue weighted by Crippen LogP contribution is -2.36. The van der Waals surface area contributed by atoms with E-state index in [1.807, 2.05) is 18.2 Å². The number of nitrogens with two attached hydrogens (primary N) is 1. The summed E-state index contributed by atoms with van der Waals surface area (Å²) < 4.78 is 22.5. The van der Waals surface area contributed by atoms with Crippen molar-refractivity contribution in [1.82, 2.24) is 4.90 Å². The second kappa shape index (κ2) is 5.21. The van der Waals surface area contributed by atoms with Crippen molar-refractivity contribution in [2.24, 2.45) is 0 Å². The Morgan fingerprint density at radius 2 is 2.00 bits per heavy atom. The van der Waals surface area contributed by atoms with Crippen LogP contribution in [-0.2, 0) is 21.2 Å². The number of nitrogens with zero attached hydrogens (tertiary/aromatic N) is 1. The molecular formula is C13H18N2O3S. The van der Waals surface area contributed by atoms with Crippen LogP contribution in [0.25, 0.3) is 0 Å². The molecule has 19 heavy (non-hydrogen) atoms. The molecule has 2 rings (SSSR count). The molecule has 2 N–H and O–H groups in total. The van der Waals surface area contributed by atoms with Gasteiger partial charge in [-0.05, 0) is 24.5 Å². The molecule has 0 bridgehead atoms. The SMILES string of the molecule is CS(=O)(=O)CC(=O)N(Cc1ccccc1N)C1CC1. The van der Waals surface area contributed by atoms with Crippen LogP contribution < -0.4 is 5.73 Å². The smallest absolute Gasteiger partial charge is 0.238 e. The van der Waals surface area contributed by atoms with E-state index in [2.05, 4.69) is 0 Å². The van der Waals surface area contributed by atoms with Gasteiger partial charge < -0.3 is 10.6 Å². The Labute approximate surface area is 113 Å². The highest BCUT2D eigenvalue weighted by Crippen LogP contribution is 2.29. The first-order chi connectivity index (χ1) is 8.87. The zero-order valence-corrected chi connectivity index (χ0v) is 11.7. The number of para-hydroxylation sites is 1. The van der Waals surface area contributed by atoms with Gasteiger partial charge in [0, 0.05) is 24.5 Å². The van der Waals surface area contributed by atoms with E-state index >= 15 is 0 Å². The number of anilines is 1. The lowest BCUT2D eigenvalue weighted by molar-refractivity contribution is -0.129. The fourth-order valence-corrected chi connectivity index (χ4v) is 2.59. The maximum atomic E-state index is 12.1. The standard InChI is InChI=1S/C13H18N2O3S/c1-19(17,18)9-13(16)15(11-6-7-11)8-10-4-2-3-5-12(10)14/h2-5,11H,6-9,14H2,1H3. The quantitative estimate of drug-likeness (QED) is 0.810. The third kappa shape index (κ3) is 3.96. The summed E-state index contributed by atoms with van der Waals surface area (Å²) in [7, 11) is -3.30. The van der Waals surface area contributed by atoms with E-state index in [0.717, 1.165) is 24.7 Å². The minimum Gasteiger partial charge on any atom is -0.398 e. The van der Waals surface area contributed by atoms with Gasteiger partial charge in [-0.25, -0.2) is 8.42 Å². The van der Waals surface area contributed by atoms with E-state index in [-0.39, 0.29) is 11.9 Å². The van der Waals surface area contributed by atoms with E-state index in [0.29, 0.717) is 12.2 Å². The second-order valence-corrected chi connectivity index (χ2v) is 7.16. The van der Waals surface area contributed by atoms with Crippen LogP contribution in [0, 0.1) is 0 Å². The minimum atomic E-state index is -3.30. The van der Waals surface area contributed by atoms with Crippen molar-refractivity contribution in [3.8, 4) is 0 Å². The molecule has 0 heterocycles. The summed E-state index contributed by atoms with van der Waals surface area (Å²) in [5.41, 5.74) is 7.34. The van der Waals surface area contributed by atoms with E-state index in [4.69, 9.17) is 5.73 Å². The van der Waals surface area contributed by atoms with Crippen LogP contribution in [0.1, 0.15) is 18.4 Å². The summed E-state index contributed by atoms with van der Waals surface area (Å²) in [5.74, 6) is -0.774. The molecule has 6 heteroatoms. The molecule has 1 saturated carbocycles. The number of amides is 1. The van der Waals surface area contributed by atoms with Crippen LogP contribution in [0.2, 0.25) is 0 Å². The number of hydrogen-bond acceptors (Lipinski definition) is 4. The summed E-state index contributed by atoms with van der Waals surface area (Å²) in [6.07, 6.45) is 2.94. The molecule has 0 spiro atoms. The van der Waals surface area contributed by atoms with E-state index in [9.17, 15) is 13.2 Å². The molecule has 0 aliphatic heterocycles. The maximum Gasteiger partial charge on any atom is 0.238 e. The number of hydrogen-bond donors (Lipinski definition) is 1. The summed E-state index contributed by atoms with van der Waals surface area (Å²) in [6.45, 7) is 0.381. The van der Waals surface area contributed by atoms with E-state index in [1.165, 1.54) is 0 Å². The van der Waals surface area contributed by atoms with Crippen LogP contribution in [-0.4, -0.2) is 37.3 Å². The van der Waals surface area contributed by atoms with Crippen LogP contribution in [0.5, 0.6) is 0 Å². The summed E-state index contributed by atoms with van der Waals surface area (Å²) in [4.78, 5) is 13.7. The van der Waals surface area contributed by atoms with Crippen molar-refractivity contribution in [3.63, 3.8) is 0 Å². The van der Waals surface area contributed by atoms with E-state index in [1.54, 1.807) is 11.0 Å². The summed E-state index contributed by atoms with van der Waals surface area (Å²) >= 11 is 0. The Balaban J connectivity index is 2.13. The molecule has 1 fully saturated rings. The average Bonchev–Trinajstić information content (AvgIpc) is 3.09. The third-order valence-electron chi connectivity index (χ3n) is 3.09. The topological polar surface area (TPSA) is 80.5 Å². The zero-order valence-electron chi connectivity index (χ0n) is 10.9. The molecule has 5 nitrogen and oxygen atoms in total. The van der Waals surface area contributed by atoms with Gasteiger partial charge in [-0.1, -0.05) is 18.2 Å². The molecule has 104 valence electrons. The van der Waals surface area contributed by atoms with Crippen LogP contribution in [0.15, 0.2) is 24.3 Å². The number of rotatable bonds is 5. The molecular weight excluding hydrogens is 264 g/mol. The highest BCUT2D eigenvalue weighted by Gasteiger charge is 2.33. The van der Waals surface area contributed by atoms with Crippen molar-refractivity contribution in [3.05, 3.63) is 29.8 Å². The first-order valence-electron chi connectivity index (χ1n) is 6.17. The molecule has 0 unspecified atom stereocenters. The predicted octanol–water partition coefficient (Wildman–Crippen LogP) is 0.804. The Morgan fingerprint density at radius 1 is 1.37 bits per heavy atom. The van der Waals surface area contributed by atoms with Gasteiger partial charge in [0.15, 0.2) is 9.84 Å². The van der Waals surface area contributed by atoms with Crippen LogP contribution >= 0.6 is 0 Å². The fraction of sp³-hybridized carbons (Fsp3) is 0.462. The predicted molar refractivity (Wildman–Crippen MR) is 74.1 cm³/mol. The second-order valence-electron chi connectivity index (χ2n) is 5.02. The van der Waals surface area contributed by atoms with Crippen LogP contribution in [0.3, 0.4) is 0 Å². The van der Waals surface area contributed by atoms with Crippen molar-refractivity contribution in [2.75, 3.05) is 17.7 Å².